The van der Waals surface area contributed by atoms with Crippen molar-refractivity contribution in [1.82, 2.24) is 9.21 Å². The van der Waals surface area contributed by atoms with Crippen LogP contribution in [0.15, 0.2) is 39.6 Å². The second-order valence-electron chi connectivity index (χ2n) is 7.46. The summed E-state index contributed by atoms with van der Waals surface area (Å²) in [5.41, 5.74) is 2.25. The molecule has 1 saturated carbocycles. The first-order chi connectivity index (χ1) is 12.6. The Balaban J connectivity index is 1.41. The minimum Gasteiger partial charge on any atom is -0.315 e. The largest absolute Gasteiger partial charge is 0.315 e. The van der Waals surface area contributed by atoms with E-state index in [0.29, 0.717) is 30.1 Å². The van der Waals surface area contributed by atoms with Crippen LogP contribution in [0.3, 0.4) is 0 Å². The van der Waals surface area contributed by atoms with Crippen LogP contribution in [-0.2, 0) is 10.0 Å². The zero-order valence-corrected chi connectivity index (χ0v) is 16.3. The fraction of sp³-hybridized carbons (Fsp3) is 0.526. The number of hydrogen-bond donors (Lipinski definition) is 0. The summed E-state index contributed by atoms with van der Waals surface area (Å²) in [4.78, 5) is 7.70. The summed E-state index contributed by atoms with van der Waals surface area (Å²) in [5, 5.41) is 3.28. The van der Waals surface area contributed by atoms with Crippen LogP contribution < -0.4 is 0 Å². The van der Waals surface area contributed by atoms with E-state index in [9.17, 15) is 8.42 Å². The highest BCUT2D eigenvalue weighted by Crippen LogP contribution is 2.44. The van der Waals surface area contributed by atoms with E-state index in [-0.39, 0.29) is 0 Å². The third-order valence-corrected chi connectivity index (χ3v) is 8.66. The summed E-state index contributed by atoms with van der Waals surface area (Å²) in [6.07, 6.45) is 6.84. The van der Waals surface area contributed by atoms with Crippen molar-refractivity contribution in [3.8, 4) is 0 Å². The van der Waals surface area contributed by atoms with Crippen molar-refractivity contribution in [1.29, 1.82) is 0 Å². The quantitative estimate of drug-likeness (QED) is 0.794. The van der Waals surface area contributed by atoms with E-state index in [2.05, 4.69) is 10.3 Å². The molecule has 7 heteroatoms. The molecule has 1 aliphatic carbocycles. The Bertz CT molecular complexity index is 871. The lowest BCUT2D eigenvalue weighted by atomic mass is 9.90. The van der Waals surface area contributed by atoms with Gasteiger partial charge in [-0.25, -0.2) is 8.42 Å². The number of sulfonamides is 1. The van der Waals surface area contributed by atoms with Crippen molar-refractivity contribution in [2.24, 2.45) is 4.99 Å². The molecule has 2 fully saturated rings. The number of benzene rings is 1. The molecule has 0 aromatic heterocycles. The Morgan fingerprint density at radius 3 is 2.50 bits per heavy atom. The van der Waals surface area contributed by atoms with Crippen molar-refractivity contribution < 1.29 is 8.42 Å². The Morgan fingerprint density at radius 2 is 1.73 bits per heavy atom. The van der Waals surface area contributed by atoms with E-state index in [1.54, 1.807) is 28.2 Å². The average Bonchev–Trinajstić information content (AvgIpc) is 3.38. The minimum absolute atomic E-state index is 0.403. The van der Waals surface area contributed by atoms with Gasteiger partial charge in [-0.1, -0.05) is 36.7 Å². The SMILES string of the molecule is O=S(=O)(c1ccc(C2=CSC3=N[C@@H]4CCCC[C@@H]4N23)cc1)N1CCCC1. The minimum atomic E-state index is -3.34. The van der Waals surface area contributed by atoms with Gasteiger partial charge in [-0.05, 0) is 43.4 Å². The summed E-state index contributed by atoms with van der Waals surface area (Å²) in [5.74, 6) is 0. The molecule has 1 aromatic rings. The summed E-state index contributed by atoms with van der Waals surface area (Å²) >= 11 is 1.70. The number of rotatable bonds is 3. The summed E-state index contributed by atoms with van der Waals surface area (Å²) < 4.78 is 27.0. The lowest BCUT2D eigenvalue weighted by Gasteiger charge is -2.32. The van der Waals surface area contributed by atoms with Gasteiger partial charge in [0.2, 0.25) is 10.0 Å². The molecule has 0 bridgehead atoms. The van der Waals surface area contributed by atoms with Gasteiger partial charge >= 0.3 is 0 Å². The van der Waals surface area contributed by atoms with Gasteiger partial charge in [-0.15, -0.1) is 0 Å². The van der Waals surface area contributed by atoms with Crippen molar-refractivity contribution in [2.75, 3.05) is 13.1 Å². The smallest absolute Gasteiger partial charge is 0.243 e. The molecule has 0 unspecified atom stereocenters. The van der Waals surface area contributed by atoms with Gasteiger partial charge in [0.1, 0.15) is 0 Å². The molecule has 2 atom stereocenters. The maximum Gasteiger partial charge on any atom is 0.243 e. The topological polar surface area (TPSA) is 53.0 Å². The standard InChI is InChI=1S/C19H23N3O2S2/c23-26(24,21-11-3-4-12-21)15-9-7-14(8-10-15)18-13-25-19-20-16-5-1-2-6-17(16)22(18)19/h7-10,13,16-17H,1-6,11-12H2/t16-,17+/m1/s1. The maximum absolute atomic E-state index is 12.7. The van der Waals surface area contributed by atoms with Crippen LogP contribution in [0.4, 0.5) is 0 Å². The predicted molar refractivity (Wildman–Crippen MR) is 105 cm³/mol. The Morgan fingerprint density at radius 1 is 1.00 bits per heavy atom. The van der Waals surface area contributed by atoms with Crippen LogP contribution in [0.1, 0.15) is 44.1 Å². The van der Waals surface area contributed by atoms with Crippen molar-refractivity contribution in [2.45, 2.75) is 55.5 Å². The van der Waals surface area contributed by atoms with Crippen LogP contribution in [-0.4, -0.2) is 48.0 Å². The third-order valence-electron chi connectivity index (χ3n) is 5.90. The molecule has 0 amide bonds. The van der Waals surface area contributed by atoms with Crippen molar-refractivity contribution >= 4 is 32.6 Å². The number of amidine groups is 1. The Hall–Kier alpha value is -1.31. The molecular formula is C19H23N3O2S2. The molecule has 5 nitrogen and oxygen atoms in total. The fourth-order valence-electron chi connectivity index (χ4n) is 4.51. The summed E-state index contributed by atoms with van der Waals surface area (Å²) in [6, 6.07) is 8.34. The van der Waals surface area contributed by atoms with Gasteiger partial charge in [0, 0.05) is 18.5 Å². The highest BCUT2D eigenvalue weighted by atomic mass is 32.2. The number of hydrogen-bond acceptors (Lipinski definition) is 5. The van der Waals surface area contributed by atoms with E-state index < -0.39 is 10.0 Å². The Kier molecular flexibility index (Phi) is 4.14. The van der Waals surface area contributed by atoms with Gasteiger partial charge in [-0.2, -0.15) is 4.31 Å². The van der Waals surface area contributed by atoms with Gasteiger partial charge in [0.15, 0.2) is 5.17 Å². The second kappa shape index (κ2) is 6.39. The number of nitrogens with zero attached hydrogens (tertiary/aromatic N) is 3. The van der Waals surface area contributed by atoms with Gasteiger partial charge in [0.25, 0.3) is 0 Å². The van der Waals surface area contributed by atoms with E-state index in [1.165, 1.54) is 31.4 Å². The fourth-order valence-corrected chi connectivity index (χ4v) is 7.03. The molecule has 26 heavy (non-hydrogen) atoms. The van der Waals surface area contributed by atoms with Gasteiger partial charge in [-0.3, -0.25) is 4.99 Å². The van der Waals surface area contributed by atoms with E-state index in [4.69, 9.17) is 4.99 Å². The molecule has 5 rings (SSSR count). The zero-order chi connectivity index (χ0) is 17.7. The molecule has 0 radical (unpaired) electrons. The van der Waals surface area contributed by atoms with Crippen LogP contribution in [0, 0.1) is 0 Å². The normalized spacial score (nSPS) is 28.7. The number of fused-ring (bicyclic) bond motifs is 3. The van der Waals surface area contributed by atoms with Crippen LogP contribution >= 0.6 is 11.8 Å². The molecule has 4 aliphatic rings. The lowest BCUT2D eigenvalue weighted by molar-refractivity contribution is 0.305. The van der Waals surface area contributed by atoms with Gasteiger partial charge in [0.05, 0.1) is 22.7 Å². The molecule has 0 N–H and O–H groups in total. The zero-order valence-electron chi connectivity index (χ0n) is 14.7. The van der Waals surface area contributed by atoms with Crippen LogP contribution in [0.2, 0.25) is 0 Å². The van der Waals surface area contributed by atoms with Crippen LogP contribution in [0.5, 0.6) is 0 Å². The molecule has 1 aromatic carbocycles. The highest BCUT2D eigenvalue weighted by Gasteiger charge is 2.42. The molecule has 138 valence electrons. The van der Waals surface area contributed by atoms with Crippen molar-refractivity contribution in [3.05, 3.63) is 35.2 Å². The number of thioether (sulfide) groups is 1. The van der Waals surface area contributed by atoms with Crippen molar-refractivity contribution in [3.63, 3.8) is 0 Å². The van der Waals surface area contributed by atoms with E-state index in [1.807, 2.05) is 12.1 Å². The molecule has 1 saturated heterocycles. The Labute approximate surface area is 159 Å². The lowest BCUT2D eigenvalue weighted by Crippen LogP contribution is -2.38. The van der Waals surface area contributed by atoms with Crippen LogP contribution in [0.25, 0.3) is 5.70 Å². The van der Waals surface area contributed by atoms with E-state index in [0.717, 1.165) is 23.6 Å². The number of aliphatic imine (C=N–C) groups is 1. The third kappa shape index (κ3) is 2.63. The monoisotopic (exact) mass is 389 g/mol. The summed E-state index contributed by atoms with van der Waals surface area (Å²) in [6.45, 7) is 1.28. The first-order valence-corrected chi connectivity index (χ1v) is 11.8. The first-order valence-electron chi connectivity index (χ1n) is 9.49. The molecular weight excluding hydrogens is 366 g/mol. The van der Waals surface area contributed by atoms with Gasteiger partial charge < -0.3 is 4.90 Å². The van der Waals surface area contributed by atoms with E-state index >= 15 is 0 Å². The molecule has 3 heterocycles. The first kappa shape index (κ1) is 16.8. The predicted octanol–water partition coefficient (Wildman–Crippen LogP) is 3.50. The maximum atomic E-state index is 12.7. The molecule has 3 aliphatic heterocycles. The molecule has 0 spiro atoms. The average molecular weight is 390 g/mol. The second-order valence-corrected chi connectivity index (χ2v) is 10.2. The summed E-state index contributed by atoms with van der Waals surface area (Å²) in [7, 11) is -3.34. The highest BCUT2D eigenvalue weighted by molar-refractivity contribution is 8.16.